The lowest BCUT2D eigenvalue weighted by Crippen LogP contribution is -2.31. The lowest BCUT2D eigenvalue weighted by molar-refractivity contribution is -0.385. The number of hydrogen-bond acceptors (Lipinski definition) is 11. The van der Waals surface area contributed by atoms with E-state index in [-0.39, 0.29) is 33.6 Å². The highest BCUT2D eigenvalue weighted by Crippen LogP contribution is 2.24. The highest BCUT2D eigenvalue weighted by Gasteiger charge is 2.26. The van der Waals surface area contributed by atoms with Gasteiger partial charge in [-0.25, -0.2) is 10.1 Å². The number of nitro groups is 1. The number of nitrogens with zero attached hydrogens (tertiary/aromatic N) is 8. The summed E-state index contributed by atoms with van der Waals surface area (Å²) in [5.41, 5.74) is 8.32. The molecule has 0 bridgehead atoms. The first-order chi connectivity index (χ1) is 16.0. The second-order valence-corrected chi connectivity index (χ2v) is 7.64. The molecule has 3 aromatic rings. The lowest BCUT2D eigenvalue weighted by atomic mass is 10.1. The van der Waals surface area contributed by atoms with Crippen molar-refractivity contribution in [3.05, 3.63) is 50.3 Å². The normalized spacial score (nSPS) is 14.6. The Kier molecular flexibility index (Phi) is 6.55. The number of rotatable bonds is 7. The molecule has 33 heavy (non-hydrogen) atoms. The van der Waals surface area contributed by atoms with Gasteiger partial charge in [-0.05, 0) is 42.3 Å². The second kappa shape index (κ2) is 9.70. The van der Waals surface area contributed by atoms with Crippen molar-refractivity contribution in [3.8, 4) is 5.82 Å². The molecule has 1 aliphatic heterocycles. The van der Waals surface area contributed by atoms with E-state index in [4.69, 9.17) is 17.3 Å². The highest BCUT2D eigenvalue weighted by atomic mass is 35.5. The molecule has 172 valence electrons. The van der Waals surface area contributed by atoms with Crippen molar-refractivity contribution >= 4 is 35.2 Å². The number of carbonyl (C=O) groups excluding carboxylic acids is 1. The van der Waals surface area contributed by atoms with E-state index in [2.05, 4.69) is 40.7 Å². The molecule has 3 heterocycles. The topological polar surface area (TPSA) is 183 Å². The molecule has 0 unspecified atom stereocenters. The van der Waals surface area contributed by atoms with E-state index in [0.717, 1.165) is 43.2 Å². The molecule has 4 rings (SSSR count). The van der Waals surface area contributed by atoms with Crippen molar-refractivity contribution in [1.82, 2.24) is 35.6 Å². The molecule has 0 saturated carbocycles. The monoisotopic (exact) mass is 474 g/mol. The van der Waals surface area contributed by atoms with Gasteiger partial charge in [0.05, 0.1) is 21.7 Å². The van der Waals surface area contributed by atoms with E-state index in [9.17, 15) is 14.9 Å². The summed E-state index contributed by atoms with van der Waals surface area (Å²) in [6.07, 6.45) is 4.36. The Labute approximate surface area is 191 Å². The third-order valence-electron chi connectivity index (χ3n) is 5.06. The highest BCUT2D eigenvalue weighted by molar-refractivity contribution is 6.33. The smallest absolute Gasteiger partial charge is 0.292 e. The quantitative estimate of drug-likeness (QED) is 0.289. The molecule has 0 radical (unpaired) electrons. The van der Waals surface area contributed by atoms with E-state index >= 15 is 0 Å². The molecule has 14 nitrogen and oxygen atoms in total. The first-order valence-corrected chi connectivity index (χ1v) is 10.3. The molecular weight excluding hydrogens is 456 g/mol. The molecule has 2 aromatic heterocycles. The van der Waals surface area contributed by atoms with Crippen LogP contribution in [0.4, 0.5) is 11.5 Å². The number of hydrogen-bond donors (Lipinski definition) is 2. The molecule has 0 aliphatic carbocycles. The van der Waals surface area contributed by atoms with Crippen LogP contribution >= 0.6 is 11.6 Å². The number of hydrazone groups is 1. The largest absolute Gasteiger partial charge is 0.378 e. The minimum absolute atomic E-state index is 0.00302. The summed E-state index contributed by atoms with van der Waals surface area (Å²) in [6, 6.07) is 4.21. The summed E-state index contributed by atoms with van der Waals surface area (Å²) in [5, 5.41) is 30.5. The summed E-state index contributed by atoms with van der Waals surface area (Å²) >= 11 is 6.05. The van der Waals surface area contributed by atoms with Gasteiger partial charge >= 0.3 is 0 Å². The summed E-state index contributed by atoms with van der Waals surface area (Å²) in [6.45, 7) is 2.12. The van der Waals surface area contributed by atoms with E-state index < -0.39 is 10.8 Å². The number of anilines is 1. The molecule has 15 heteroatoms. The van der Waals surface area contributed by atoms with E-state index in [1.54, 1.807) is 0 Å². The average molecular weight is 475 g/mol. The molecule has 1 saturated heterocycles. The Hall–Kier alpha value is -3.91. The van der Waals surface area contributed by atoms with Crippen molar-refractivity contribution in [1.29, 1.82) is 0 Å². The maximum Gasteiger partial charge on any atom is 0.292 e. The molecule has 1 fully saturated rings. The fourth-order valence-electron chi connectivity index (χ4n) is 3.48. The van der Waals surface area contributed by atoms with Crippen LogP contribution < -0.4 is 11.2 Å². The van der Waals surface area contributed by atoms with Crippen LogP contribution in [0.15, 0.2) is 27.9 Å². The van der Waals surface area contributed by atoms with Gasteiger partial charge in [0, 0.05) is 12.6 Å². The van der Waals surface area contributed by atoms with Crippen LogP contribution in [0.3, 0.4) is 0 Å². The van der Waals surface area contributed by atoms with Crippen molar-refractivity contribution in [2.75, 3.05) is 18.8 Å². The first-order valence-electron chi connectivity index (χ1n) is 9.97. The van der Waals surface area contributed by atoms with Gasteiger partial charge in [-0.2, -0.15) is 9.78 Å². The van der Waals surface area contributed by atoms with Gasteiger partial charge in [0.25, 0.3) is 11.6 Å². The van der Waals surface area contributed by atoms with Crippen molar-refractivity contribution in [2.24, 2.45) is 5.10 Å². The van der Waals surface area contributed by atoms with Crippen LogP contribution in [0.5, 0.6) is 0 Å². The number of benzene rings is 1. The van der Waals surface area contributed by atoms with Crippen molar-refractivity contribution in [3.63, 3.8) is 0 Å². The van der Waals surface area contributed by atoms with Gasteiger partial charge < -0.3 is 5.73 Å². The summed E-state index contributed by atoms with van der Waals surface area (Å²) in [5.74, 6) is -0.753. The number of piperidine rings is 1. The average Bonchev–Trinajstić information content (AvgIpc) is 3.41. The summed E-state index contributed by atoms with van der Waals surface area (Å²) in [4.78, 5) is 25.9. The summed E-state index contributed by atoms with van der Waals surface area (Å²) < 4.78 is 5.74. The first kappa shape index (κ1) is 22.3. The van der Waals surface area contributed by atoms with Crippen LogP contribution in [0.1, 0.15) is 41.0 Å². The number of nitrogens with two attached hydrogens (primary N) is 1. The number of nitrogen functional groups attached to an aromatic ring is 1. The van der Waals surface area contributed by atoms with E-state index in [0.29, 0.717) is 12.2 Å². The van der Waals surface area contributed by atoms with Gasteiger partial charge in [-0.15, -0.1) is 5.10 Å². The predicted molar refractivity (Wildman–Crippen MR) is 116 cm³/mol. The minimum atomic E-state index is -0.680. The van der Waals surface area contributed by atoms with Crippen LogP contribution in [-0.4, -0.2) is 60.3 Å². The third-order valence-corrected chi connectivity index (χ3v) is 5.39. The zero-order chi connectivity index (χ0) is 23.4. The molecule has 3 N–H and O–H groups in total. The van der Waals surface area contributed by atoms with Crippen LogP contribution in [0.2, 0.25) is 5.02 Å². The molecule has 1 aromatic carbocycles. The Bertz CT molecular complexity index is 1200. The number of amides is 1. The number of nitro benzene ring substituents is 1. The van der Waals surface area contributed by atoms with Gasteiger partial charge in [0.1, 0.15) is 5.69 Å². The zero-order valence-corrected chi connectivity index (χ0v) is 18.0. The Morgan fingerprint density at radius 1 is 1.33 bits per heavy atom. The maximum absolute atomic E-state index is 13.1. The molecule has 1 aliphatic rings. The van der Waals surface area contributed by atoms with Gasteiger partial charge in [-0.3, -0.25) is 19.8 Å². The fourth-order valence-corrected chi connectivity index (χ4v) is 3.70. The number of likely N-dealkylation sites (tertiary alicyclic amines) is 1. The summed E-state index contributed by atoms with van der Waals surface area (Å²) in [7, 11) is 0. The number of aromatic nitrogens is 5. The number of carbonyl (C=O) groups is 1. The van der Waals surface area contributed by atoms with Gasteiger partial charge in [0.15, 0.2) is 5.69 Å². The Morgan fingerprint density at radius 3 is 2.82 bits per heavy atom. The molecular formula is C18H19ClN10O4. The second-order valence-electron chi connectivity index (χ2n) is 7.24. The molecule has 0 spiro atoms. The Balaban J connectivity index is 1.62. The standard InChI is InChI=1S/C18H19ClN10O4/c19-12-5-4-6-14(29(31)32)11(12)9-21-23-18(30)15-13(10-27-7-2-1-3-8-27)22-26-28(15)17-16(20)24-33-25-17/h4-6,9H,1-3,7-8,10H2,(H2,20,24)(H,23,30)/b21-9+. The molecule has 0 atom stereocenters. The van der Waals surface area contributed by atoms with Crippen LogP contribution in [-0.2, 0) is 6.54 Å². The van der Waals surface area contributed by atoms with Gasteiger partial charge in [0.2, 0.25) is 11.6 Å². The number of halogens is 1. The lowest BCUT2D eigenvalue weighted by Gasteiger charge is -2.25. The Morgan fingerprint density at radius 2 is 2.12 bits per heavy atom. The van der Waals surface area contributed by atoms with Crippen LogP contribution in [0.25, 0.3) is 5.82 Å². The van der Waals surface area contributed by atoms with E-state index in [1.165, 1.54) is 18.2 Å². The fraction of sp³-hybridized carbons (Fsp3) is 0.333. The minimum Gasteiger partial charge on any atom is -0.378 e. The van der Waals surface area contributed by atoms with Gasteiger partial charge in [-0.1, -0.05) is 29.3 Å². The molecule has 1 amide bonds. The predicted octanol–water partition coefficient (Wildman–Crippen LogP) is 1.54. The number of nitrogens with one attached hydrogen (secondary N) is 1. The SMILES string of the molecule is Nc1nonc1-n1nnc(CN2CCCCC2)c1C(=O)N/N=C/c1c(Cl)cccc1[N+](=O)[O-]. The van der Waals surface area contributed by atoms with Crippen LogP contribution in [0, 0.1) is 10.1 Å². The van der Waals surface area contributed by atoms with E-state index in [1.807, 2.05) is 0 Å². The third kappa shape index (κ3) is 4.80. The zero-order valence-electron chi connectivity index (χ0n) is 17.2. The maximum atomic E-state index is 13.1. The van der Waals surface area contributed by atoms with Crippen molar-refractivity contribution in [2.45, 2.75) is 25.8 Å². The van der Waals surface area contributed by atoms with Crippen molar-refractivity contribution < 1.29 is 14.3 Å².